The predicted octanol–water partition coefficient (Wildman–Crippen LogP) is 2.25. The lowest BCUT2D eigenvalue weighted by molar-refractivity contribution is -0.129. The van der Waals surface area contributed by atoms with Crippen molar-refractivity contribution in [3.8, 4) is 0 Å². The van der Waals surface area contributed by atoms with Crippen LogP contribution in [0.2, 0.25) is 0 Å². The largest absolute Gasteiger partial charge is 0.371 e. The molecule has 1 aromatic carbocycles. The molecular formula is C19H30N4O2. The molecule has 2 amide bonds. The van der Waals surface area contributed by atoms with Gasteiger partial charge in [-0.3, -0.25) is 9.59 Å². The summed E-state index contributed by atoms with van der Waals surface area (Å²) in [7, 11) is 0. The number of hydrogen-bond acceptors (Lipinski definition) is 4. The summed E-state index contributed by atoms with van der Waals surface area (Å²) in [6.45, 7) is 7.43. The first-order valence-electron chi connectivity index (χ1n) is 9.09. The van der Waals surface area contributed by atoms with Gasteiger partial charge in [0.2, 0.25) is 11.8 Å². The van der Waals surface area contributed by atoms with Crippen molar-refractivity contribution < 1.29 is 9.59 Å². The highest BCUT2D eigenvalue weighted by molar-refractivity contribution is 5.98. The zero-order valence-corrected chi connectivity index (χ0v) is 15.5. The second-order valence-electron chi connectivity index (χ2n) is 7.10. The number of rotatable bonds is 7. The van der Waals surface area contributed by atoms with Crippen LogP contribution < -0.4 is 21.3 Å². The quantitative estimate of drug-likeness (QED) is 0.707. The van der Waals surface area contributed by atoms with E-state index in [9.17, 15) is 9.59 Å². The molecule has 6 nitrogen and oxygen atoms in total. The molecule has 2 rings (SSSR count). The fraction of sp³-hybridized carbons (Fsp3) is 0.579. The molecule has 4 N–H and O–H groups in total. The zero-order valence-electron chi connectivity index (χ0n) is 15.5. The van der Waals surface area contributed by atoms with Gasteiger partial charge in [-0.15, -0.1) is 0 Å². The van der Waals surface area contributed by atoms with Gasteiger partial charge in [-0.2, -0.15) is 0 Å². The smallest absolute Gasteiger partial charge is 0.246 e. The first kappa shape index (κ1) is 19.2. The molecule has 25 heavy (non-hydrogen) atoms. The number of hydrogen-bond donors (Lipinski definition) is 3. The maximum absolute atomic E-state index is 12.4. The molecule has 0 bridgehead atoms. The molecular weight excluding hydrogens is 316 g/mol. The summed E-state index contributed by atoms with van der Waals surface area (Å²) in [5.41, 5.74) is 6.90. The van der Waals surface area contributed by atoms with Crippen molar-refractivity contribution in [3.05, 3.63) is 24.3 Å². The summed E-state index contributed by atoms with van der Waals surface area (Å²) in [4.78, 5) is 26.9. The van der Waals surface area contributed by atoms with Crippen LogP contribution in [0.4, 0.5) is 11.4 Å². The van der Waals surface area contributed by atoms with E-state index in [-0.39, 0.29) is 11.8 Å². The molecule has 0 radical (unpaired) electrons. The highest BCUT2D eigenvalue weighted by Crippen LogP contribution is 2.23. The third-order valence-electron chi connectivity index (χ3n) is 4.61. The number of carbonyl (C=O) groups is 2. The fourth-order valence-corrected chi connectivity index (χ4v) is 3.07. The van der Waals surface area contributed by atoms with E-state index in [0.29, 0.717) is 6.42 Å². The summed E-state index contributed by atoms with van der Waals surface area (Å²) < 4.78 is 0. The number of nitrogens with one attached hydrogen (secondary N) is 2. The molecule has 0 saturated carbocycles. The third-order valence-corrected chi connectivity index (χ3v) is 4.61. The lowest BCUT2D eigenvalue weighted by Crippen LogP contribution is -2.55. The molecule has 2 unspecified atom stereocenters. The molecule has 1 aliphatic heterocycles. The Morgan fingerprint density at radius 2 is 2.00 bits per heavy atom. The second-order valence-corrected chi connectivity index (χ2v) is 7.10. The minimum absolute atomic E-state index is 0.251. The third kappa shape index (κ3) is 5.19. The van der Waals surface area contributed by atoms with Crippen LogP contribution in [0, 0.1) is 0 Å². The molecule has 0 spiro atoms. The molecule has 1 heterocycles. The van der Waals surface area contributed by atoms with Crippen LogP contribution in [-0.4, -0.2) is 36.5 Å². The number of benzene rings is 1. The normalized spacial score (nSPS) is 17.7. The lowest BCUT2D eigenvalue weighted by Gasteiger charge is -2.25. The molecule has 1 aromatic rings. The van der Waals surface area contributed by atoms with Crippen LogP contribution in [0.5, 0.6) is 0 Å². The van der Waals surface area contributed by atoms with Crippen LogP contribution in [-0.2, 0) is 9.59 Å². The minimum atomic E-state index is -0.959. The monoisotopic (exact) mass is 346 g/mol. The molecule has 6 heteroatoms. The molecule has 0 aliphatic carbocycles. The second kappa shape index (κ2) is 8.34. The summed E-state index contributed by atoms with van der Waals surface area (Å²) in [5, 5.41) is 5.58. The molecule has 2 atom stereocenters. The van der Waals surface area contributed by atoms with E-state index in [2.05, 4.69) is 21.6 Å². The van der Waals surface area contributed by atoms with Gasteiger partial charge in [-0.25, -0.2) is 0 Å². The molecule has 138 valence electrons. The van der Waals surface area contributed by atoms with Crippen LogP contribution in [0.3, 0.4) is 0 Å². The van der Waals surface area contributed by atoms with E-state index in [1.807, 2.05) is 25.1 Å². The fourth-order valence-electron chi connectivity index (χ4n) is 3.07. The highest BCUT2D eigenvalue weighted by Gasteiger charge is 2.29. The van der Waals surface area contributed by atoms with Gasteiger partial charge >= 0.3 is 0 Å². The Hall–Kier alpha value is -2.08. The van der Waals surface area contributed by atoms with E-state index >= 15 is 0 Å². The Labute approximate surface area is 150 Å². The van der Waals surface area contributed by atoms with Crippen molar-refractivity contribution in [2.24, 2.45) is 5.73 Å². The van der Waals surface area contributed by atoms with Crippen molar-refractivity contribution in [1.29, 1.82) is 0 Å². The van der Waals surface area contributed by atoms with E-state index in [4.69, 9.17) is 5.73 Å². The van der Waals surface area contributed by atoms with Gasteiger partial charge in [0, 0.05) is 24.5 Å². The van der Waals surface area contributed by atoms with Gasteiger partial charge in [0.25, 0.3) is 0 Å². The number of nitrogens with two attached hydrogens (primary N) is 1. The van der Waals surface area contributed by atoms with E-state index < -0.39 is 11.6 Å². The standard InChI is InChI=1S/C19H30N4O2/c1-4-10-19(3,20)18(25)21-14(2)17(24)22-15-8-7-9-16(13-15)23-11-5-6-12-23/h7-9,13-14H,4-6,10-12,20H2,1-3H3,(H,21,25)(H,22,24). The van der Waals surface area contributed by atoms with Crippen molar-refractivity contribution in [1.82, 2.24) is 5.32 Å². The Bertz CT molecular complexity index is 609. The number of amides is 2. The van der Waals surface area contributed by atoms with Gasteiger partial charge in [0.1, 0.15) is 6.04 Å². The topological polar surface area (TPSA) is 87.5 Å². The Morgan fingerprint density at radius 1 is 1.32 bits per heavy atom. The van der Waals surface area contributed by atoms with E-state index in [1.54, 1.807) is 13.8 Å². The summed E-state index contributed by atoms with van der Waals surface area (Å²) >= 11 is 0. The molecule has 1 fully saturated rings. The zero-order chi connectivity index (χ0) is 18.4. The van der Waals surface area contributed by atoms with Crippen molar-refractivity contribution >= 4 is 23.2 Å². The van der Waals surface area contributed by atoms with Crippen LogP contribution in [0.1, 0.15) is 46.5 Å². The minimum Gasteiger partial charge on any atom is -0.371 e. The van der Waals surface area contributed by atoms with Gasteiger partial charge in [-0.05, 0) is 51.3 Å². The van der Waals surface area contributed by atoms with Gasteiger partial charge < -0.3 is 21.3 Å². The molecule has 1 aliphatic rings. The average molecular weight is 346 g/mol. The van der Waals surface area contributed by atoms with Gasteiger partial charge in [0.15, 0.2) is 0 Å². The average Bonchev–Trinajstić information content (AvgIpc) is 3.09. The number of carbonyl (C=O) groups excluding carboxylic acids is 2. The Morgan fingerprint density at radius 3 is 2.64 bits per heavy atom. The van der Waals surface area contributed by atoms with Crippen molar-refractivity contribution in [2.75, 3.05) is 23.3 Å². The Kier molecular flexibility index (Phi) is 6.42. The first-order valence-corrected chi connectivity index (χ1v) is 9.09. The summed E-state index contributed by atoms with van der Waals surface area (Å²) in [6, 6.07) is 7.17. The van der Waals surface area contributed by atoms with Gasteiger partial charge in [0.05, 0.1) is 5.54 Å². The van der Waals surface area contributed by atoms with Crippen molar-refractivity contribution in [2.45, 2.75) is 58.0 Å². The lowest BCUT2D eigenvalue weighted by atomic mass is 9.96. The van der Waals surface area contributed by atoms with Crippen LogP contribution in [0.15, 0.2) is 24.3 Å². The SMILES string of the molecule is CCCC(C)(N)C(=O)NC(C)C(=O)Nc1cccc(N2CCCC2)c1. The molecule has 1 saturated heterocycles. The predicted molar refractivity (Wildman–Crippen MR) is 102 cm³/mol. The highest BCUT2D eigenvalue weighted by atomic mass is 16.2. The Balaban J connectivity index is 1.94. The van der Waals surface area contributed by atoms with E-state index in [0.717, 1.165) is 30.9 Å². The van der Waals surface area contributed by atoms with E-state index in [1.165, 1.54) is 12.8 Å². The first-order chi connectivity index (χ1) is 11.8. The summed E-state index contributed by atoms with van der Waals surface area (Å²) in [5.74, 6) is -0.554. The van der Waals surface area contributed by atoms with Gasteiger partial charge in [-0.1, -0.05) is 19.4 Å². The van der Waals surface area contributed by atoms with Crippen LogP contribution in [0.25, 0.3) is 0 Å². The maximum atomic E-state index is 12.4. The number of nitrogens with zero attached hydrogens (tertiary/aromatic N) is 1. The number of anilines is 2. The van der Waals surface area contributed by atoms with Crippen LogP contribution >= 0.6 is 0 Å². The van der Waals surface area contributed by atoms with Crippen molar-refractivity contribution in [3.63, 3.8) is 0 Å². The maximum Gasteiger partial charge on any atom is 0.246 e. The summed E-state index contributed by atoms with van der Waals surface area (Å²) in [6.07, 6.45) is 3.79. The molecule has 0 aromatic heterocycles.